The number of halogens is 1. The largest absolute Gasteiger partial charge is 0.395 e. The van der Waals surface area contributed by atoms with Crippen LogP contribution in [0.15, 0.2) is 30.3 Å². The Hall–Kier alpha value is -0.380. The summed E-state index contributed by atoms with van der Waals surface area (Å²) in [5, 5.41) is 10.2. The van der Waals surface area contributed by atoms with Crippen molar-refractivity contribution in [2.75, 3.05) is 25.0 Å². The molecule has 0 amide bonds. The van der Waals surface area contributed by atoms with E-state index in [1.54, 1.807) is 0 Å². The molecule has 2 nitrogen and oxygen atoms in total. The lowest BCUT2D eigenvalue weighted by Crippen LogP contribution is -2.33. The Bertz CT molecular complexity index is 337. The Kier molecular flexibility index (Phi) is 4.60. The van der Waals surface area contributed by atoms with E-state index in [4.69, 9.17) is 5.11 Å². The molecule has 17 heavy (non-hydrogen) atoms. The van der Waals surface area contributed by atoms with Crippen LogP contribution in [0.4, 0.5) is 0 Å². The molecule has 1 saturated carbocycles. The number of aliphatic hydroxyl groups is 1. The summed E-state index contributed by atoms with van der Waals surface area (Å²) in [6.45, 7) is 3.04. The lowest BCUT2D eigenvalue weighted by molar-refractivity contribution is 0.168. The van der Waals surface area contributed by atoms with Crippen LogP contribution in [0.25, 0.3) is 0 Å². The van der Waals surface area contributed by atoms with Crippen molar-refractivity contribution < 1.29 is 5.11 Å². The second kappa shape index (κ2) is 5.98. The maximum atomic E-state index is 9.15. The van der Waals surface area contributed by atoms with Crippen molar-refractivity contribution in [3.8, 4) is 0 Å². The fourth-order valence-electron chi connectivity index (χ4n) is 2.18. The molecule has 1 aromatic rings. The van der Waals surface area contributed by atoms with E-state index in [1.807, 2.05) is 6.07 Å². The van der Waals surface area contributed by atoms with Gasteiger partial charge in [0.05, 0.1) is 6.61 Å². The van der Waals surface area contributed by atoms with Crippen molar-refractivity contribution in [1.29, 1.82) is 0 Å². The summed E-state index contributed by atoms with van der Waals surface area (Å²) < 4.78 is 0. The fraction of sp³-hybridized carbons (Fsp3) is 0.571. The average molecular weight is 298 g/mol. The second-order valence-corrected chi connectivity index (χ2v) is 5.61. The standard InChI is InChI=1S/C14H20BrNO/c15-11-14(6-7-14)12-16(8-9-17)10-13-4-2-1-3-5-13/h1-5,17H,6-12H2. The highest BCUT2D eigenvalue weighted by molar-refractivity contribution is 9.09. The highest BCUT2D eigenvalue weighted by atomic mass is 79.9. The first-order valence-electron chi connectivity index (χ1n) is 6.21. The minimum atomic E-state index is 0.241. The molecule has 0 saturated heterocycles. The minimum absolute atomic E-state index is 0.241. The fourth-order valence-corrected chi connectivity index (χ4v) is 2.92. The third-order valence-electron chi connectivity index (χ3n) is 3.46. The number of alkyl halides is 1. The number of nitrogens with zero attached hydrogens (tertiary/aromatic N) is 1. The molecule has 0 heterocycles. The molecule has 1 fully saturated rings. The van der Waals surface area contributed by atoms with Crippen LogP contribution in [0.1, 0.15) is 18.4 Å². The van der Waals surface area contributed by atoms with E-state index in [9.17, 15) is 0 Å². The molecule has 0 radical (unpaired) electrons. The summed E-state index contributed by atoms with van der Waals surface area (Å²) in [6, 6.07) is 10.5. The molecule has 94 valence electrons. The van der Waals surface area contributed by atoms with Gasteiger partial charge in [-0.1, -0.05) is 46.3 Å². The first-order valence-corrected chi connectivity index (χ1v) is 7.33. The van der Waals surface area contributed by atoms with Gasteiger partial charge < -0.3 is 5.11 Å². The van der Waals surface area contributed by atoms with Crippen LogP contribution in [-0.4, -0.2) is 35.0 Å². The van der Waals surface area contributed by atoms with Crippen molar-refractivity contribution in [3.05, 3.63) is 35.9 Å². The third kappa shape index (κ3) is 3.80. The number of benzene rings is 1. The predicted molar refractivity (Wildman–Crippen MR) is 74.3 cm³/mol. The van der Waals surface area contributed by atoms with Gasteiger partial charge in [0.25, 0.3) is 0 Å². The molecule has 0 aliphatic heterocycles. The molecule has 1 aliphatic rings. The van der Waals surface area contributed by atoms with Crippen LogP contribution in [0.3, 0.4) is 0 Å². The lowest BCUT2D eigenvalue weighted by atomic mass is 10.1. The Morgan fingerprint density at radius 3 is 2.47 bits per heavy atom. The maximum Gasteiger partial charge on any atom is 0.0558 e. The number of hydrogen-bond acceptors (Lipinski definition) is 2. The Balaban J connectivity index is 1.93. The van der Waals surface area contributed by atoms with Crippen molar-refractivity contribution in [2.24, 2.45) is 5.41 Å². The lowest BCUT2D eigenvalue weighted by Gasteiger charge is -2.26. The SMILES string of the molecule is OCCN(Cc1ccccc1)CC1(CBr)CC1. The number of aliphatic hydroxyl groups excluding tert-OH is 1. The molecule has 0 bridgehead atoms. The van der Waals surface area contributed by atoms with Crippen LogP contribution in [0.2, 0.25) is 0 Å². The molecular weight excluding hydrogens is 278 g/mol. The van der Waals surface area contributed by atoms with Gasteiger partial charge in [-0.05, 0) is 23.8 Å². The summed E-state index contributed by atoms with van der Waals surface area (Å²) in [4.78, 5) is 2.36. The van der Waals surface area contributed by atoms with E-state index in [1.165, 1.54) is 18.4 Å². The van der Waals surface area contributed by atoms with Crippen molar-refractivity contribution >= 4 is 15.9 Å². The van der Waals surface area contributed by atoms with Crippen molar-refractivity contribution in [2.45, 2.75) is 19.4 Å². The summed E-state index contributed by atoms with van der Waals surface area (Å²) in [6.07, 6.45) is 2.63. The van der Waals surface area contributed by atoms with Gasteiger partial charge in [0.15, 0.2) is 0 Å². The Labute approximate surface area is 112 Å². The average Bonchev–Trinajstić information content (AvgIpc) is 3.11. The smallest absolute Gasteiger partial charge is 0.0558 e. The molecule has 1 aliphatic carbocycles. The van der Waals surface area contributed by atoms with Gasteiger partial charge in [0.1, 0.15) is 0 Å². The second-order valence-electron chi connectivity index (χ2n) is 5.05. The molecule has 0 aromatic heterocycles. The topological polar surface area (TPSA) is 23.5 Å². The highest BCUT2D eigenvalue weighted by Gasteiger charge is 2.42. The molecule has 0 atom stereocenters. The maximum absolute atomic E-state index is 9.15. The van der Waals surface area contributed by atoms with Crippen LogP contribution >= 0.6 is 15.9 Å². The minimum Gasteiger partial charge on any atom is -0.395 e. The van der Waals surface area contributed by atoms with Gasteiger partial charge in [0.2, 0.25) is 0 Å². The summed E-state index contributed by atoms with van der Waals surface area (Å²) in [7, 11) is 0. The molecule has 2 rings (SSSR count). The molecule has 0 spiro atoms. The van der Waals surface area contributed by atoms with Crippen LogP contribution < -0.4 is 0 Å². The molecule has 1 aromatic carbocycles. The van der Waals surface area contributed by atoms with Gasteiger partial charge >= 0.3 is 0 Å². The Morgan fingerprint density at radius 2 is 1.94 bits per heavy atom. The first-order chi connectivity index (χ1) is 8.28. The first kappa shape index (κ1) is 13.1. The number of hydrogen-bond donors (Lipinski definition) is 1. The normalized spacial score (nSPS) is 17.4. The van der Waals surface area contributed by atoms with E-state index >= 15 is 0 Å². The highest BCUT2D eigenvalue weighted by Crippen LogP contribution is 2.47. The van der Waals surface area contributed by atoms with Gasteiger partial charge in [-0.3, -0.25) is 4.90 Å². The van der Waals surface area contributed by atoms with E-state index < -0.39 is 0 Å². The van der Waals surface area contributed by atoms with Gasteiger partial charge in [-0.2, -0.15) is 0 Å². The number of rotatable bonds is 7. The molecule has 1 N–H and O–H groups in total. The summed E-state index contributed by atoms with van der Waals surface area (Å²) >= 11 is 3.61. The van der Waals surface area contributed by atoms with Crippen LogP contribution in [0.5, 0.6) is 0 Å². The monoisotopic (exact) mass is 297 g/mol. The summed E-state index contributed by atoms with van der Waals surface area (Å²) in [5.74, 6) is 0. The molecule has 3 heteroatoms. The zero-order valence-electron chi connectivity index (χ0n) is 10.1. The van der Waals surface area contributed by atoms with Crippen molar-refractivity contribution in [1.82, 2.24) is 4.90 Å². The van der Waals surface area contributed by atoms with Crippen molar-refractivity contribution in [3.63, 3.8) is 0 Å². The van der Waals surface area contributed by atoms with E-state index in [0.717, 1.165) is 25.0 Å². The zero-order chi connectivity index (χ0) is 12.1. The third-order valence-corrected chi connectivity index (χ3v) is 4.65. The summed E-state index contributed by atoms with van der Waals surface area (Å²) in [5.41, 5.74) is 1.80. The van der Waals surface area contributed by atoms with Crippen LogP contribution in [-0.2, 0) is 6.54 Å². The Morgan fingerprint density at radius 1 is 1.24 bits per heavy atom. The van der Waals surface area contributed by atoms with Gasteiger partial charge in [-0.25, -0.2) is 0 Å². The predicted octanol–water partition coefficient (Wildman–Crippen LogP) is 2.66. The zero-order valence-corrected chi connectivity index (χ0v) is 11.7. The van der Waals surface area contributed by atoms with E-state index in [0.29, 0.717) is 5.41 Å². The van der Waals surface area contributed by atoms with Gasteiger partial charge in [-0.15, -0.1) is 0 Å². The van der Waals surface area contributed by atoms with Gasteiger partial charge in [0, 0.05) is 25.0 Å². The molecule has 0 unspecified atom stereocenters. The quantitative estimate of drug-likeness (QED) is 0.782. The van der Waals surface area contributed by atoms with Crippen LogP contribution in [0, 0.1) is 5.41 Å². The van der Waals surface area contributed by atoms with E-state index in [2.05, 4.69) is 45.1 Å². The van der Waals surface area contributed by atoms with E-state index in [-0.39, 0.29) is 6.61 Å². The molecular formula is C14H20BrNO.